The molecule has 236 valence electrons. The van der Waals surface area contributed by atoms with E-state index in [1.165, 1.54) is 80.3 Å². The van der Waals surface area contributed by atoms with Gasteiger partial charge in [0.05, 0.1) is 5.71 Å². The van der Waals surface area contributed by atoms with Crippen molar-refractivity contribution in [1.82, 2.24) is 4.90 Å². The van der Waals surface area contributed by atoms with Gasteiger partial charge in [0.25, 0.3) is 0 Å². The highest BCUT2D eigenvalue weighted by atomic mass is 15.1. The van der Waals surface area contributed by atoms with E-state index < -0.39 is 0 Å². The van der Waals surface area contributed by atoms with Gasteiger partial charge in [0, 0.05) is 54.7 Å². The Labute approximate surface area is 260 Å². The Bertz CT molecular complexity index is 880. The second-order valence-corrected chi connectivity index (χ2v) is 12.0. The van der Waals surface area contributed by atoms with Crippen molar-refractivity contribution < 1.29 is 0 Å². The predicted octanol–water partition coefficient (Wildman–Crippen LogP) is 9.85. The lowest BCUT2D eigenvalue weighted by Crippen LogP contribution is -2.25. The van der Waals surface area contributed by atoms with Crippen LogP contribution in [0.4, 0.5) is 11.4 Å². The fourth-order valence-corrected chi connectivity index (χ4v) is 5.55. The maximum Gasteiger partial charge on any atom is 0.0722 e. The molecule has 0 spiro atoms. The molecule has 4 heteroatoms. The van der Waals surface area contributed by atoms with Crippen LogP contribution in [-0.4, -0.2) is 62.5 Å². The largest absolute Gasteiger partial charge is 0.372 e. The van der Waals surface area contributed by atoms with Crippen molar-refractivity contribution in [3.63, 3.8) is 0 Å². The van der Waals surface area contributed by atoms with Crippen LogP contribution < -0.4 is 9.80 Å². The van der Waals surface area contributed by atoms with Gasteiger partial charge in [0.15, 0.2) is 0 Å². The highest BCUT2D eigenvalue weighted by molar-refractivity contribution is 6.13. The highest BCUT2D eigenvalue weighted by Crippen LogP contribution is 2.23. The van der Waals surface area contributed by atoms with Crippen molar-refractivity contribution in [3.05, 3.63) is 59.7 Å². The van der Waals surface area contributed by atoms with Crippen LogP contribution in [0.15, 0.2) is 53.5 Å². The van der Waals surface area contributed by atoms with E-state index >= 15 is 0 Å². The molecule has 0 N–H and O–H groups in total. The van der Waals surface area contributed by atoms with Crippen molar-refractivity contribution in [3.8, 4) is 0 Å². The van der Waals surface area contributed by atoms with Gasteiger partial charge in [-0.3, -0.25) is 4.99 Å². The average Bonchev–Trinajstić information content (AvgIpc) is 3.02. The van der Waals surface area contributed by atoms with Gasteiger partial charge in [-0.1, -0.05) is 91.5 Å². The zero-order valence-electron chi connectivity index (χ0n) is 28.5. The number of nitrogens with zero attached hydrogens (tertiary/aromatic N) is 4. The van der Waals surface area contributed by atoms with E-state index in [1.807, 2.05) is 0 Å². The molecule has 0 radical (unpaired) electrons. The molecule has 0 saturated heterocycles. The minimum Gasteiger partial charge on any atom is -0.372 e. The molecule has 0 bridgehead atoms. The molecule has 0 heterocycles. The first-order valence-corrected chi connectivity index (χ1v) is 17.5. The Hall–Kier alpha value is -2.33. The van der Waals surface area contributed by atoms with Crippen LogP contribution >= 0.6 is 0 Å². The fraction of sp³-hybridized carbons (Fsp3) is 0.658. The molecule has 4 nitrogen and oxygen atoms in total. The summed E-state index contributed by atoms with van der Waals surface area (Å²) in [6.07, 6.45) is 12.2. The second kappa shape index (κ2) is 21.4. The van der Waals surface area contributed by atoms with E-state index in [1.54, 1.807) is 0 Å². The summed E-state index contributed by atoms with van der Waals surface area (Å²) < 4.78 is 0. The van der Waals surface area contributed by atoms with E-state index in [0.29, 0.717) is 0 Å². The summed E-state index contributed by atoms with van der Waals surface area (Å²) in [7, 11) is 0. The molecule has 0 amide bonds. The van der Waals surface area contributed by atoms with Crippen molar-refractivity contribution in [2.24, 2.45) is 4.99 Å². The van der Waals surface area contributed by atoms with Crippen LogP contribution in [0.5, 0.6) is 0 Å². The normalized spacial score (nSPS) is 12.0. The Morgan fingerprint density at radius 1 is 0.548 bits per heavy atom. The number of benzene rings is 2. The maximum absolute atomic E-state index is 5.38. The molecule has 0 aromatic heterocycles. The molecular formula is C38H64N4. The van der Waals surface area contributed by atoms with Gasteiger partial charge in [-0.05, 0) is 89.3 Å². The number of hydrogen-bond acceptors (Lipinski definition) is 4. The maximum atomic E-state index is 5.38. The number of hydrogen-bond donors (Lipinski definition) is 0. The lowest BCUT2D eigenvalue weighted by atomic mass is 10.00. The number of anilines is 2. The fourth-order valence-electron chi connectivity index (χ4n) is 5.55. The number of aliphatic imine (C=N–C) groups is 1. The Morgan fingerprint density at radius 3 is 1.26 bits per heavy atom. The molecule has 42 heavy (non-hydrogen) atoms. The smallest absolute Gasteiger partial charge is 0.0722 e. The molecule has 1 unspecified atom stereocenters. The first-order chi connectivity index (χ1) is 20.5. The van der Waals surface area contributed by atoms with E-state index in [2.05, 4.69) is 112 Å². The first kappa shape index (κ1) is 35.9. The van der Waals surface area contributed by atoms with Gasteiger partial charge in [-0.25, -0.2) is 0 Å². The first-order valence-electron chi connectivity index (χ1n) is 17.5. The minimum absolute atomic E-state index is 0.283. The van der Waals surface area contributed by atoms with E-state index in [9.17, 15) is 0 Å². The van der Waals surface area contributed by atoms with E-state index in [0.717, 1.165) is 57.9 Å². The van der Waals surface area contributed by atoms with Crippen LogP contribution in [0.3, 0.4) is 0 Å². The summed E-state index contributed by atoms with van der Waals surface area (Å²) in [5, 5.41) is 0. The van der Waals surface area contributed by atoms with Crippen LogP contribution in [0.25, 0.3) is 0 Å². The zero-order chi connectivity index (χ0) is 30.6. The van der Waals surface area contributed by atoms with Crippen LogP contribution in [0, 0.1) is 0 Å². The van der Waals surface area contributed by atoms with Crippen LogP contribution in [0.1, 0.15) is 124 Å². The molecule has 2 aromatic rings. The van der Waals surface area contributed by atoms with E-state index in [-0.39, 0.29) is 6.04 Å². The standard InChI is InChI=1S/C38H64N4/c1-8-14-29-41(30-15-9-2)36-24-20-34(21-25-36)38(39-33(7)19-18-28-40(12-5)13-6)35-22-26-37(27-23-35)42(31-16-10-3)32-17-11-4/h20-27,33H,8-19,28-32H2,1-7H3. The zero-order valence-corrected chi connectivity index (χ0v) is 28.5. The Kier molecular flexibility index (Phi) is 18.3. The van der Waals surface area contributed by atoms with Gasteiger partial charge in [-0.2, -0.15) is 0 Å². The summed E-state index contributed by atoms with van der Waals surface area (Å²) in [5.41, 5.74) is 6.25. The topological polar surface area (TPSA) is 22.1 Å². The van der Waals surface area contributed by atoms with Crippen molar-refractivity contribution in [1.29, 1.82) is 0 Å². The minimum atomic E-state index is 0.283. The van der Waals surface area contributed by atoms with Crippen LogP contribution in [-0.2, 0) is 0 Å². The molecule has 0 fully saturated rings. The SMILES string of the molecule is CCCCN(CCCC)c1ccc(C(=NC(C)CCCN(CC)CC)c2ccc(N(CCCC)CCCC)cc2)cc1. The van der Waals surface area contributed by atoms with Crippen molar-refractivity contribution in [2.75, 3.05) is 55.6 Å². The highest BCUT2D eigenvalue weighted by Gasteiger charge is 2.14. The molecular weight excluding hydrogens is 512 g/mol. The van der Waals surface area contributed by atoms with Gasteiger partial charge in [-0.15, -0.1) is 0 Å². The summed E-state index contributed by atoms with van der Waals surface area (Å²) in [4.78, 5) is 13.0. The summed E-state index contributed by atoms with van der Waals surface area (Å²) in [6, 6.07) is 18.8. The molecule has 2 rings (SSSR count). The monoisotopic (exact) mass is 577 g/mol. The van der Waals surface area contributed by atoms with Gasteiger partial charge in [0.2, 0.25) is 0 Å². The third-order valence-corrected chi connectivity index (χ3v) is 8.48. The average molecular weight is 577 g/mol. The third kappa shape index (κ3) is 12.5. The lowest BCUT2D eigenvalue weighted by molar-refractivity contribution is 0.294. The number of rotatable bonds is 23. The molecule has 0 saturated carbocycles. The Morgan fingerprint density at radius 2 is 0.929 bits per heavy atom. The van der Waals surface area contributed by atoms with Gasteiger partial charge in [0.1, 0.15) is 0 Å². The van der Waals surface area contributed by atoms with Crippen molar-refractivity contribution in [2.45, 2.75) is 119 Å². The lowest BCUT2D eigenvalue weighted by Gasteiger charge is -2.25. The van der Waals surface area contributed by atoms with Crippen LogP contribution in [0.2, 0.25) is 0 Å². The third-order valence-electron chi connectivity index (χ3n) is 8.48. The second-order valence-electron chi connectivity index (χ2n) is 12.0. The van der Waals surface area contributed by atoms with Gasteiger partial charge >= 0.3 is 0 Å². The summed E-state index contributed by atoms with van der Waals surface area (Å²) >= 11 is 0. The molecule has 0 aliphatic heterocycles. The summed E-state index contributed by atoms with van der Waals surface area (Å²) in [6.45, 7) is 23.9. The summed E-state index contributed by atoms with van der Waals surface area (Å²) in [5.74, 6) is 0. The predicted molar refractivity (Wildman–Crippen MR) is 189 cm³/mol. The molecule has 0 aliphatic carbocycles. The molecule has 0 aliphatic rings. The number of unbranched alkanes of at least 4 members (excludes halogenated alkanes) is 4. The Balaban J connectivity index is 2.36. The molecule has 2 aromatic carbocycles. The van der Waals surface area contributed by atoms with Gasteiger partial charge < -0.3 is 14.7 Å². The quantitative estimate of drug-likeness (QED) is 0.123. The van der Waals surface area contributed by atoms with Crippen molar-refractivity contribution >= 4 is 17.1 Å². The molecule has 1 atom stereocenters. The van der Waals surface area contributed by atoms with E-state index in [4.69, 9.17) is 4.99 Å².